The lowest BCUT2D eigenvalue weighted by Gasteiger charge is -2.21. The van der Waals surface area contributed by atoms with E-state index in [-0.39, 0.29) is 5.46 Å². The van der Waals surface area contributed by atoms with Gasteiger partial charge in [0.15, 0.2) is 0 Å². The Morgan fingerprint density at radius 1 is 1.33 bits per heavy atom. The van der Waals surface area contributed by atoms with Gasteiger partial charge in [0, 0.05) is 19.1 Å². The van der Waals surface area contributed by atoms with E-state index in [0.29, 0.717) is 18.5 Å². The molecule has 2 unspecified atom stereocenters. The van der Waals surface area contributed by atoms with Gasteiger partial charge in [-0.2, -0.15) is 0 Å². The van der Waals surface area contributed by atoms with Crippen molar-refractivity contribution in [1.29, 1.82) is 0 Å². The van der Waals surface area contributed by atoms with Crippen LogP contribution in [0.4, 0.5) is 4.39 Å². The topological polar surface area (TPSA) is 43.7 Å². The highest BCUT2D eigenvalue weighted by Gasteiger charge is 2.26. The SMILES string of the molecule is CC1CC(C)N(Cc2cc(F)cc(B(O)O)c2)C1. The van der Waals surface area contributed by atoms with Gasteiger partial charge in [-0.25, -0.2) is 4.39 Å². The summed E-state index contributed by atoms with van der Waals surface area (Å²) in [5, 5.41) is 18.2. The molecule has 2 rings (SSSR count). The molecule has 1 saturated heterocycles. The Balaban J connectivity index is 2.14. The summed E-state index contributed by atoms with van der Waals surface area (Å²) in [6, 6.07) is 4.76. The summed E-state index contributed by atoms with van der Waals surface area (Å²) < 4.78 is 13.4. The lowest BCUT2D eigenvalue weighted by Crippen LogP contribution is -2.32. The van der Waals surface area contributed by atoms with Crippen LogP contribution in [0.5, 0.6) is 0 Å². The molecule has 0 saturated carbocycles. The molecule has 18 heavy (non-hydrogen) atoms. The minimum absolute atomic E-state index is 0.213. The molecule has 0 amide bonds. The van der Waals surface area contributed by atoms with E-state index in [2.05, 4.69) is 18.7 Å². The average Bonchev–Trinajstić information content (AvgIpc) is 2.56. The van der Waals surface area contributed by atoms with Crippen LogP contribution in [0, 0.1) is 11.7 Å². The maximum absolute atomic E-state index is 13.4. The second-order valence-corrected chi connectivity index (χ2v) is 5.39. The van der Waals surface area contributed by atoms with Gasteiger partial charge in [-0.3, -0.25) is 4.90 Å². The largest absolute Gasteiger partial charge is 0.488 e. The van der Waals surface area contributed by atoms with Crippen LogP contribution in [0.1, 0.15) is 25.8 Å². The second-order valence-electron chi connectivity index (χ2n) is 5.39. The van der Waals surface area contributed by atoms with Crippen molar-refractivity contribution in [2.75, 3.05) is 6.54 Å². The summed E-state index contributed by atoms with van der Waals surface area (Å²) in [6.07, 6.45) is 1.16. The molecule has 1 aliphatic rings. The van der Waals surface area contributed by atoms with Crippen LogP contribution in [-0.2, 0) is 6.54 Å². The molecule has 0 radical (unpaired) electrons. The number of benzene rings is 1. The van der Waals surface area contributed by atoms with Crippen molar-refractivity contribution >= 4 is 12.6 Å². The van der Waals surface area contributed by atoms with Crippen LogP contribution in [0.3, 0.4) is 0 Å². The molecule has 1 aromatic carbocycles. The lowest BCUT2D eigenvalue weighted by molar-refractivity contribution is 0.256. The molecule has 3 nitrogen and oxygen atoms in total. The van der Waals surface area contributed by atoms with Crippen LogP contribution in [0.15, 0.2) is 18.2 Å². The molecule has 0 aromatic heterocycles. The molecule has 1 aromatic rings. The second kappa shape index (κ2) is 5.39. The van der Waals surface area contributed by atoms with E-state index in [1.54, 1.807) is 6.07 Å². The van der Waals surface area contributed by atoms with Crippen molar-refractivity contribution in [1.82, 2.24) is 4.90 Å². The van der Waals surface area contributed by atoms with Crippen molar-refractivity contribution < 1.29 is 14.4 Å². The number of hydrogen-bond donors (Lipinski definition) is 2. The van der Waals surface area contributed by atoms with E-state index < -0.39 is 12.9 Å². The van der Waals surface area contributed by atoms with Crippen molar-refractivity contribution in [2.45, 2.75) is 32.9 Å². The first-order chi connectivity index (χ1) is 8.45. The van der Waals surface area contributed by atoms with Crippen LogP contribution in [0.2, 0.25) is 0 Å². The number of halogens is 1. The van der Waals surface area contributed by atoms with Gasteiger partial charge in [0.2, 0.25) is 0 Å². The molecule has 98 valence electrons. The van der Waals surface area contributed by atoms with Crippen molar-refractivity contribution in [3.8, 4) is 0 Å². The zero-order valence-corrected chi connectivity index (χ0v) is 10.8. The zero-order valence-electron chi connectivity index (χ0n) is 10.8. The molecular weight excluding hydrogens is 232 g/mol. The van der Waals surface area contributed by atoms with E-state index in [0.717, 1.165) is 24.6 Å². The van der Waals surface area contributed by atoms with E-state index in [9.17, 15) is 4.39 Å². The average molecular weight is 251 g/mol. The lowest BCUT2D eigenvalue weighted by atomic mass is 9.79. The Kier molecular flexibility index (Phi) is 4.05. The standard InChI is InChI=1S/C13H19BFNO2/c1-9-3-10(2)16(7-9)8-11-4-12(14(17)18)6-13(15)5-11/h4-6,9-10,17-18H,3,7-8H2,1-2H3. The van der Waals surface area contributed by atoms with Gasteiger partial charge in [-0.05, 0) is 42.4 Å². The highest BCUT2D eigenvalue weighted by atomic mass is 19.1. The van der Waals surface area contributed by atoms with Gasteiger partial charge in [0.1, 0.15) is 5.82 Å². The Morgan fingerprint density at radius 2 is 2.06 bits per heavy atom. The first-order valence-corrected chi connectivity index (χ1v) is 6.35. The molecule has 2 N–H and O–H groups in total. The number of nitrogens with zero attached hydrogens (tertiary/aromatic N) is 1. The predicted molar refractivity (Wildman–Crippen MR) is 69.9 cm³/mol. The molecule has 0 spiro atoms. The number of likely N-dealkylation sites (tertiary alicyclic amines) is 1. The van der Waals surface area contributed by atoms with E-state index in [4.69, 9.17) is 10.0 Å². The molecular formula is C13H19BFNO2. The Hall–Kier alpha value is -0.905. The minimum atomic E-state index is -1.62. The highest BCUT2D eigenvalue weighted by Crippen LogP contribution is 2.24. The fraction of sp³-hybridized carbons (Fsp3) is 0.538. The molecule has 5 heteroatoms. The summed E-state index contributed by atoms with van der Waals surface area (Å²) in [5.41, 5.74) is 1.00. The summed E-state index contributed by atoms with van der Waals surface area (Å²) in [6.45, 7) is 6.05. The van der Waals surface area contributed by atoms with Crippen LogP contribution < -0.4 is 5.46 Å². The normalized spacial score (nSPS) is 24.5. The third-order valence-electron chi connectivity index (χ3n) is 3.58. The van der Waals surface area contributed by atoms with Gasteiger partial charge >= 0.3 is 7.12 Å². The van der Waals surface area contributed by atoms with Gasteiger partial charge in [0.05, 0.1) is 0 Å². The number of rotatable bonds is 3. The summed E-state index contributed by atoms with van der Waals surface area (Å²) in [4.78, 5) is 2.30. The molecule has 1 aliphatic heterocycles. The highest BCUT2D eigenvalue weighted by molar-refractivity contribution is 6.58. The van der Waals surface area contributed by atoms with Crippen molar-refractivity contribution in [3.05, 3.63) is 29.6 Å². The smallest absolute Gasteiger partial charge is 0.423 e. The maximum atomic E-state index is 13.4. The predicted octanol–water partition coefficient (Wildman–Crippen LogP) is 0.736. The van der Waals surface area contributed by atoms with Crippen molar-refractivity contribution in [2.24, 2.45) is 5.92 Å². The number of hydrogen-bond acceptors (Lipinski definition) is 3. The van der Waals surface area contributed by atoms with Crippen LogP contribution in [-0.4, -0.2) is 34.7 Å². The minimum Gasteiger partial charge on any atom is -0.423 e. The fourth-order valence-electron chi connectivity index (χ4n) is 2.76. The van der Waals surface area contributed by atoms with E-state index in [1.807, 2.05) is 0 Å². The fourth-order valence-corrected chi connectivity index (χ4v) is 2.76. The molecule has 1 fully saturated rings. The Labute approximate surface area is 107 Å². The molecule has 2 atom stereocenters. The molecule has 0 bridgehead atoms. The molecule has 0 aliphatic carbocycles. The zero-order chi connectivity index (χ0) is 13.3. The van der Waals surface area contributed by atoms with Gasteiger partial charge < -0.3 is 10.0 Å². The first-order valence-electron chi connectivity index (χ1n) is 6.35. The van der Waals surface area contributed by atoms with E-state index in [1.165, 1.54) is 6.07 Å². The maximum Gasteiger partial charge on any atom is 0.488 e. The summed E-state index contributed by atoms with van der Waals surface area (Å²) >= 11 is 0. The van der Waals surface area contributed by atoms with E-state index >= 15 is 0 Å². The molecule has 1 heterocycles. The third kappa shape index (κ3) is 3.10. The Bertz CT molecular complexity index is 427. The van der Waals surface area contributed by atoms with Gasteiger partial charge in [-0.15, -0.1) is 0 Å². The van der Waals surface area contributed by atoms with Crippen molar-refractivity contribution in [3.63, 3.8) is 0 Å². The first kappa shape index (κ1) is 13.5. The third-order valence-corrected chi connectivity index (χ3v) is 3.58. The van der Waals surface area contributed by atoms with Gasteiger partial charge in [0.25, 0.3) is 0 Å². The summed E-state index contributed by atoms with van der Waals surface area (Å²) in [5.74, 6) is 0.243. The Morgan fingerprint density at radius 3 is 2.61 bits per heavy atom. The van der Waals surface area contributed by atoms with Crippen LogP contribution >= 0.6 is 0 Å². The van der Waals surface area contributed by atoms with Crippen LogP contribution in [0.25, 0.3) is 0 Å². The quantitative estimate of drug-likeness (QED) is 0.778. The monoisotopic (exact) mass is 251 g/mol. The van der Waals surface area contributed by atoms with Gasteiger partial charge in [-0.1, -0.05) is 13.0 Å². The summed E-state index contributed by atoms with van der Waals surface area (Å²) in [7, 11) is -1.62.